The maximum atomic E-state index is 13.0. The van der Waals surface area contributed by atoms with Crippen molar-refractivity contribution in [2.45, 2.75) is 33.0 Å². The summed E-state index contributed by atoms with van der Waals surface area (Å²) in [4.78, 5) is 22.3. The molecule has 3 aromatic rings. The highest BCUT2D eigenvalue weighted by Crippen LogP contribution is 2.27. The topological polar surface area (TPSA) is 72.6 Å². The average Bonchev–Trinajstić information content (AvgIpc) is 3.13. The smallest absolute Gasteiger partial charge is 0.383 e. The molecule has 0 bridgehead atoms. The number of rotatable bonds is 7. The van der Waals surface area contributed by atoms with Crippen LogP contribution in [0.5, 0.6) is 0 Å². The molecule has 2 aromatic heterocycles. The van der Waals surface area contributed by atoms with Crippen LogP contribution in [0.2, 0.25) is 0 Å². The molecule has 7 nitrogen and oxygen atoms in total. The highest BCUT2D eigenvalue weighted by atomic mass is 19.4. The van der Waals surface area contributed by atoms with Crippen molar-refractivity contribution in [3.05, 3.63) is 58.7 Å². The Balaban J connectivity index is 1.89. The van der Waals surface area contributed by atoms with Gasteiger partial charge in [-0.1, -0.05) is 30.3 Å². The molecule has 0 atom stereocenters. The number of nitrogens with zero attached hydrogens (tertiary/aromatic N) is 5. The van der Waals surface area contributed by atoms with Crippen molar-refractivity contribution in [2.75, 3.05) is 20.3 Å². The molecule has 0 aliphatic heterocycles. The van der Waals surface area contributed by atoms with Crippen molar-refractivity contribution in [2.24, 2.45) is 0 Å². The molecule has 0 unspecified atom stereocenters. The highest BCUT2D eigenvalue weighted by Gasteiger charge is 2.37. The van der Waals surface area contributed by atoms with E-state index >= 15 is 0 Å². The third-order valence-corrected chi connectivity index (χ3v) is 4.76. The molecule has 2 heterocycles. The van der Waals surface area contributed by atoms with E-state index in [1.807, 2.05) is 30.3 Å². The summed E-state index contributed by atoms with van der Waals surface area (Å²) in [7, 11) is 1.56. The maximum absolute atomic E-state index is 13.0. The van der Waals surface area contributed by atoms with Crippen LogP contribution < -0.4 is 0 Å². The summed E-state index contributed by atoms with van der Waals surface area (Å²) < 4.78 is 45.0. The molecule has 0 N–H and O–H groups in total. The Morgan fingerprint density at radius 1 is 1.17 bits per heavy atom. The van der Waals surface area contributed by atoms with Gasteiger partial charge in [-0.25, -0.2) is 9.50 Å². The minimum atomic E-state index is -4.67. The van der Waals surface area contributed by atoms with E-state index in [0.29, 0.717) is 36.6 Å². The van der Waals surface area contributed by atoms with Crippen LogP contribution >= 0.6 is 0 Å². The molecule has 1 amide bonds. The molecule has 0 aliphatic carbocycles. The molecule has 0 saturated heterocycles. The molecule has 10 heteroatoms. The van der Waals surface area contributed by atoms with E-state index in [9.17, 15) is 18.0 Å². The van der Waals surface area contributed by atoms with Crippen LogP contribution in [0.4, 0.5) is 13.2 Å². The SMILES string of the molecule is COCCN(Cc1ccccc1)C(=O)Cc1c(C)nc2nc(C(F)(F)F)nn2c1C. The molecule has 0 spiro atoms. The third-order valence-electron chi connectivity index (χ3n) is 4.76. The van der Waals surface area contributed by atoms with Crippen molar-refractivity contribution in [3.63, 3.8) is 0 Å². The number of amides is 1. The lowest BCUT2D eigenvalue weighted by Crippen LogP contribution is -2.35. The molecular formula is C20H22F3N5O2. The predicted molar refractivity (Wildman–Crippen MR) is 103 cm³/mol. The number of carbonyl (C=O) groups is 1. The van der Waals surface area contributed by atoms with E-state index in [1.165, 1.54) is 0 Å². The van der Waals surface area contributed by atoms with Crippen LogP contribution in [-0.4, -0.2) is 50.7 Å². The third kappa shape index (κ3) is 4.76. The van der Waals surface area contributed by atoms with Gasteiger partial charge in [0, 0.05) is 37.2 Å². The van der Waals surface area contributed by atoms with Gasteiger partial charge in [-0.15, -0.1) is 5.10 Å². The van der Waals surface area contributed by atoms with E-state index < -0.39 is 12.0 Å². The van der Waals surface area contributed by atoms with E-state index in [0.717, 1.165) is 10.1 Å². The number of methoxy groups -OCH3 is 1. The summed E-state index contributed by atoms with van der Waals surface area (Å²) in [6.45, 7) is 4.41. The van der Waals surface area contributed by atoms with Gasteiger partial charge in [-0.2, -0.15) is 18.2 Å². The number of ether oxygens (including phenoxy) is 1. The first-order chi connectivity index (χ1) is 14.2. The Bertz CT molecular complexity index is 1030. The molecule has 0 fully saturated rings. The predicted octanol–water partition coefficient (Wildman–Crippen LogP) is 2.98. The van der Waals surface area contributed by atoms with Gasteiger partial charge in [0.1, 0.15) is 0 Å². The first-order valence-electron chi connectivity index (χ1n) is 9.31. The Morgan fingerprint density at radius 3 is 2.50 bits per heavy atom. The maximum Gasteiger partial charge on any atom is 0.453 e. The number of carbonyl (C=O) groups excluding carboxylic acids is 1. The Hall–Kier alpha value is -3.01. The number of hydrogen-bond donors (Lipinski definition) is 0. The van der Waals surface area contributed by atoms with Crippen LogP contribution in [0.3, 0.4) is 0 Å². The summed E-state index contributed by atoms with van der Waals surface area (Å²) in [6.07, 6.45) is -4.69. The van der Waals surface area contributed by atoms with E-state index in [4.69, 9.17) is 4.74 Å². The van der Waals surface area contributed by atoms with Crippen molar-refractivity contribution >= 4 is 11.7 Å². The second kappa shape index (κ2) is 8.78. The molecule has 0 saturated carbocycles. The van der Waals surface area contributed by atoms with Crippen LogP contribution in [0.25, 0.3) is 5.78 Å². The van der Waals surface area contributed by atoms with Crippen molar-refractivity contribution in [1.29, 1.82) is 0 Å². The zero-order chi connectivity index (χ0) is 21.9. The molecule has 0 radical (unpaired) electrons. The Labute approximate surface area is 171 Å². The largest absolute Gasteiger partial charge is 0.453 e. The monoisotopic (exact) mass is 421 g/mol. The lowest BCUT2D eigenvalue weighted by atomic mass is 10.1. The number of benzene rings is 1. The minimum absolute atomic E-state index is 0.0155. The number of alkyl halides is 3. The standard InChI is InChI=1S/C20H22F3N5O2/c1-13-16(14(2)28-19(24-13)25-18(26-28)20(21,22)23)11-17(29)27(9-10-30-3)12-15-7-5-4-6-8-15/h4-8H,9-12H2,1-3H3. The van der Waals surface area contributed by atoms with Gasteiger partial charge in [0.15, 0.2) is 0 Å². The summed E-state index contributed by atoms with van der Waals surface area (Å²) in [5.41, 5.74) is 2.35. The normalized spacial score (nSPS) is 11.8. The summed E-state index contributed by atoms with van der Waals surface area (Å²) in [6, 6.07) is 9.52. The lowest BCUT2D eigenvalue weighted by molar-refractivity contribution is -0.144. The zero-order valence-corrected chi connectivity index (χ0v) is 16.9. The molecule has 1 aromatic carbocycles. The van der Waals surface area contributed by atoms with Crippen molar-refractivity contribution in [1.82, 2.24) is 24.5 Å². The second-order valence-corrected chi connectivity index (χ2v) is 6.88. The lowest BCUT2D eigenvalue weighted by Gasteiger charge is -2.23. The number of aryl methyl sites for hydroxylation is 2. The van der Waals surface area contributed by atoms with Gasteiger partial charge in [0.25, 0.3) is 11.6 Å². The van der Waals surface area contributed by atoms with Gasteiger partial charge in [-0.3, -0.25) is 4.79 Å². The number of halogens is 3. The summed E-state index contributed by atoms with van der Waals surface area (Å²) in [5.74, 6) is -1.58. The summed E-state index contributed by atoms with van der Waals surface area (Å²) >= 11 is 0. The molecule has 30 heavy (non-hydrogen) atoms. The van der Waals surface area contributed by atoms with Crippen molar-refractivity contribution in [3.8, 4) is 0 Å². The molecule has 3 rings (SSSR count). The second-order valence-electron chi connectivity index (χ2n) is 6.88. The van der Waals surface area contributed by atoms with Crippen LogP contribution in [-0.2, 0) is 28.7 Å². The fraction of sp³-hybridized carbons (Fsp3) is 0.400. The minimum Gasteiger partial charge on any atom is -0.383 e. The average molecular weight is 421 g/mol. The highest BCUT2D eigenvalue weighted by molar-refractivity contribution is 5.79. The number of fused-ring (bicyclic) bond motifs is 1. The van der Waals surface area contributed by atoms with Gasteiger partial charge in [0.2, 0.25) is 5.91 Å². The van der Waals surface area contributed by atoms with E-state index in [1.54, 1.807) is 25.9 Å². The fourth-order valence-electron chi connectivity index (χ4n) is 3.14. The first kappa shape index (κ1) is 21.7. The first-order valence-corrected chi connectivity index (χ1v) is 9.31. The Morgan fingerprint density at radius 2 is 1.87 bits per heavy atom. The van der Waals surface area contributed by atoms with Crippen LogP contribution in [0.15, 0.2) is 30.3 Å². The van der Waals surface area contributed by atoms with E-state index in [2.05, 4.69) is 15.1 Å². The van der Waals surface area contributed by atoms with E-state index in [-0.39, 0.29) is 18.1 Å². The van der Waals surface area contributed by atoms with Gasteiger partial charge >= 0.3 is 6.18 Å². The number of aromatic nitrogens is 4. The Kier molecular flexibility index (Phi) is 6.35. The van der Waals surface area contributed by atoms with Gasteiger partial charge in [-0.05, 0) is 19.4 Å². The molecular weight excluding hydrogens is 399 g/mol. The fourth-order valence-corrected chi connectivity index (χ4v) is 3.14. The molecule has 160 valence electrons. The van der Waals surface area contributed by atoms with Crippen molar-refractivity contribution < 1.29 is 22.7 Å². The summed E-state index contributed by atoms with van der Waals surface area (Å²) in [5, 5.41) is 3.53. The molecule has 0 aliphatic rings. The number of hydrogen-bond acceptors (Lipinski definition) is 5. The van der Waals surface area contributed by atoms with Crippen LogP contribution in [0.1, 0.15) is 28.3 Å². The van der Waals surface area contributed by atoms with Crippen LogP contribution in [0, 0.1) is 13.8 Å². The quantitative estimate of drug-likeness (QED) is 0.587. The van der Waals surface area contributed by atoms with Gasteiger partial charge < -0.3 is 9.64 Å². The van der Waals surface area contributed by atoms with Gasteiger partial charge in [0.05, 0.1) is 13.0 Å². The zero-order valence-electron chi connectivity index (χ0n) is 16.9.